The second kappa shape index (κ2) is 7.43. The number of anilines is 2. The van der Waals surface area contributed by atoms with Crippen molar-refractivity contribution in [2.24, 2.45) is 5.41 Å². The smallest absolute Gasteiger partial charge is 0.239 e. The number of halogens is 3. The molecule has 0 fully saturated rings. The summed E-state index contributed by atoms with van der Waals surface area (Å²) in [7, 11) is 0. The third-order valence-electron chi connectivity index (χ3n) is 3.39. The Morgan fingerprint density at radius 1 is 0.875 bits per heavy atom. The standard InChI is InChI=1S/C17H15Cl3N2O2/c1-17(2,15(23)21-12-5-3-4-10(18)8-12)16(24)22-14-9-11(19)6-7-13(14)20/h3-9H,1-2H3,(H,21,23)(H,22,24). The Labute approximate surface area is 155 Å². The number of amides is 2. The van der Waals surface area contributed by atoms with Crippen molar-refractivity contribution in [3.05, 3.63) is 57.5 Å². The first-order valence-electron chi connectivity index (χ1n) is 7.03. The van der Waals surface area contributed by atoms with E-state index in [4.69, 9.17) is 34.8 Å². The molecule has 24 heavy (non-hydrogen) atoms. The van der Waals surface area contributed by atoms with E-state index in [2.05, 4.69) is 10.6 Å². The predicted molar refractivity (Wildman–Crippen MR) is 99.0 cm³/mol. The van der Waals surface area contributed by atoms with Crippen molar-refractivity contribution in [3.63, 3.8) is 0 Å². The molecule has 2 aromatic carbocycles. The molecular formula is C17H15Cl3N2O2. The number of rotatable bonds is 4. The van der Waals surface area contributed by atoms with E-state index >= 15 is 0 Å². The molecule has 0 saturated heterocycles. The summed E-state index contributed by atoms with van der Waals surface area (Å²) in [6, 6.07) is 11.4. The van der Waals surface area contributed by atoms with Gasteiger partial charge in [-0.1, -0.05) is 40.9 Å². The average Bonchev–Trinajstić information content (AvgIpc) is 2.50. The van der Waals surface area contributed by atoms with Crippen molar-refractivity contribution >= 4 is 58.0 Å². The van der Waals surface area contributed by atoms with Crippen LogP contribution in [0.15, 0.2) is 42.5 Å². The molecule has 0 heterocycles. The maximum atomic E-state index is 12.5. The largest absolute Gasteiger partial charge is 0.325 e. The fourth-order valence-electron chi connectivity index (χ4n) is 1.83. The fourth-order valence-corrected chi connectivity index (χ4v) is 2.36. The van der Waals surface area contributed by atoms with Gasteiger partial charge in [0.25, 0.3) is 0 Å². The minimum atomic E-state index is -1.34. The highest BCUT2D eigenvalue weighted by Crippen LogP contribution is 2.28. The van der Waals surface area contributed by atoms with E-state index in [0.29, 0.717) is 26.4 Å². The summed E-state index contributed by atoms with van der Waals surface area (Å²) in [6.45, 7) is 3.03. The van der Waals surface area contributed by atoms with Crippen LogP contribution in [0.2, 0.25) is 15.1 Å². The number of nitrogens with one attached hydrogen (secondary N) is 2. The highest BCUT2D eigenvalue weighted by Gasteiger charge is 2.36. The normalized spacial score (nSPS) is 11.0. The molecule has 0 aliphatic heterocycles. The fraction of sp³-hybridized carbons (Fsp3) is 0.176. The topological polar surface area (TPSA) is 58.2 Å². The Kier molecular flexibility index (Phi) is 5.75. The van der Waals surface area contributed by atoms with Gasteiger partial charge >= 0.3 is 0 Å². The summed E-state index contributed by atoms with van der Waals surface area (Å²) in [4.78, 5) is 25.0. The van der Waals surface area contributed by atoms with E-state index in [0.717, 1.165) is 0 Å². The molecular weight excluding hydrogens is 371 g/mol. The van der Waals surface area contributed by atoms with Crippen molar-refractivity contribution < 1.29 is 9.59 Å². The molecule has 0 atom stereocenters. The molecule has 0 aliphatic carbocycles. The summed E-state index contributed by atoms with van der Waals surface area (Å²) < 4.78 is 0. The third kappa shape index (κ3) is 4.41. The monoisotopic (exact) mass is 384 g/mol. The Balaban J connectivity index is 2.14. The lowest BCUT2D eigenvalue weighted by molar-refractivity contribution is -0.135. The third-order valence-corrected chi connectivity index (χ3v) is 4.19. The van der Waals surface area contributed by atoms with Crippen LogP contribution in [0.5, 0.6) is 0 Å². The minimum absolute atomic E-state index is 0.332. The van der Waals surface area contributed by atoms with Gasteiger partial charge < -0.3 is 10.6 Å². The SMILES string of the molecule is CC(C)(C(=O)Nc1cccc(Cl)c1)C(=O)Nc1cc(Cl)ccc1Cl. The van der Waals surface area contributed by atoms with E-state index in [1.54, 1.807) is 36.4 Å². The second-order valence-electron chi connectivity index (χ2n) is 5.67. The van der Waals surface area contributed by atoms with E-state index in [1.807, 2.05) is 0 Å². The Morgan fingerprint density at radius 2 is 1.50 bits per heavy atom. The number of hydrogen-bond donors (Lipinski definition) is 2. The highest BCUT2D eigenvalue weighted by molar-refractivity contribution is 6.36. The zero-order valence-corrected chi connectivity index (χ0v) is 15.3. The lowest BCUT2D eigenvalue weighted by Gasteiger charge is -2.23. The summed E-state index contributed by atoms with van der Waals surface area (Å²) in [5, 5.41) is 6.55. The first kappa shape index (κ1) is 18.6. The van der Waals surface area contributed by atoms with Gasteiger partial charge in [-0.25, -0.2) is 0 Å². The number of benzene rings is 2. The zero-order valence-electron chi connectivity index (χ0n) is 13.0. The van der Waals surface area contributed by atoms with Crippen molar-refractivity contribution in [2.75, 3.05) is 10.6 Å². The van der Waals surface area contributed by atoms with Crippen LogP contribution >= 0.6 is 34.8 Å². The van der Waals surface area contributed by atoms with Crippen LogP contribution in [0.1, 0.15) is 13.8 Å². The average molecular weight is 386 g/mol. The van der Waals surface area contributed by atoms with Gasteiger partial charge in [0.2, 0.25) is 11.8 Å². The molecule has 0 saturated carbocycles. The van der Waals surface area contributed by atoms with Gasteiger partial charge in [-0.2, -0.15) is 0 Å². The summed E-state index contributed by atoms with van der Waals surface area (Å²) in [5.74, 6) is -0.980. The van der Waals surface area contributed by atoms with Crippen molar-refractivity contribution in [2.45, 2.75) is 13.8 Å². The zero-order chi connectivity index (χ0) is 17.9. The molecule has 0 bridgehead atoms. The van der Waals surface area contributed by atoms with Crippen LogP contribution in [0.25, 0.3) is 0 Å². The molecule has 2 rings (SSSR count). The van der Waals surface area contributed by atoms with Gasteiger partial charge in [-0.15, -0.1) is 0 Å². The molecule has 0 spiro atoms. The number of hydrogen-bond acceptors (Lipinski definition) is 2. The van der Waals surface area contributed by atoms with Crippen molar-refractivity contribution in [3.8, 4) is 0 Å². The second-order valence-corrected chi connectivity index (χ2v) is 6.95. The Morgan fingerprint density at radius 3 is 2.17 bits per heavy atom. The summed E-state index contributed by atoms with van der Waals surface area (Å²) in [5.41, 5.74) is -0.486. The van der Waals surface area contributed by atoms with Gasteiger partial charge in [-0.05, 0) is 50.2 Å². The molecule has 0 unspecified atom stereocenters. The van der Waals surface area contributed by atoms with E-state index in [1.165, 1.54) is 19.9 Å². The number of carbonyl (C=O) groups is 2. The Hall–Kier alpha value is -1.75. The molecule has 2 amide bonds. The van der Waals surface area contributed by atoms with Gasteiger partial charge in [-0.3, -0.25) is 9.59 Å². The molecule has 126 valence electrons. The van der Waals surface area contributed by atoms with Crippen LogP contribution in [0.4, 0.5) is 11.4 Å². The maximum absolute atomic E-state index is 12.5. The van der Waals surface area contributed by atoms with Gasteiger partial charge in [0.15, 0.2) is 0 Å². The molecule has 0 aliphatic rings. The van der Waals surface area contributed by atoms with Gasteiger partial charge in [0.1, 0.15) is 5.41 Å². The van der Waals surface area contributed by atoms with Crippen LogP contribution in [0.3, 0.4) is 0 Å². The summed E-state index contributed by atoms with van der Waals surface area (Å²) >= 11 is 17.8. The molecule has 4 nitrogen and oxygen atoms in total. The molecule has 2 aromatic rings. The van der Waals surface area contributed by atoms with Crippen LogP contribution in [-0.2, 0) is 9.59 Å². The summed E-state index contributed by atoms with van der Waals surface area (Å²) in [6.07, 6.45) is 0. The van der Waals surface area contributed by atoms with E-state index in [-0.39, 0.29) is 0 Å². The van der Waals surface area contributed by atoms with Gasteiger partial charge in [0.05, 0.1) is 10.7 Å². The molecule has 2 N–H and O–H groups in total. The van der Waals surface area contributed by atoms with E-state index < -0.39 is 17.2 Å². The van der Waals surface area contributed by atoms with Gasteiger partial charge in [0, 0.05) is 15.7 Å². The van der Waals surface area contributed by atoms with E-state index in [9.17, 15) is 9.59 Å². The first-order chi connectivity index (χ1) is 11.2. The molecule has 0 aromatic heterocycles. The minimum Gasteiger partial charge on any atom is -0.325 e. The molecule has 0 radical (unpaired) electrons. The number of carbonyl (C=O) groups excluding carboxylic acids is 2. The quantitative estimate of drug-likeness (QED) is 0.706. The van der Waals surface area contributed by atoms with Crippen LogP contribution in [0, 0.1) is 5.41 Å². The maximum Gasteiger partial charge on any atom is 0.239 e. The van der Waals surface area contributed by atoms with Crippen LogP contribution < -0.4 is 10.6 Å². The first-order valence-corrected chi connectivity index (χ1v) is 8.17. The lowest BCUT2D eigenvalue weighted by Crippen LogP contribution is -2.41. The predicted octanol–water partition coefficient (Wildman–Crippen LogP) is 5.25. The lowest BCUT2D eigenvalue weighted by atomic mass is 9.90. The van der Waals surface area contributed by atoms with Crippen molar-refractivity contribution in [1.29, 1.82) is 0 Å². The molecule has 7 heteroatoms. The Bertz CT molecular complexity index is 791. The van der Waals surface area contributed by atoms with Crippen molar-refractivity contribution in [1.82, 2.24) is 0 Å². The highest BCUT2D eigenvalue weighted by atomic mass is 35.5. The van der Waals surface area contributed by atoms with Crippen LogP contribution in [-0.4, -0.2) is 11.8 Å².